The van der Waals surface area contributed by atoms with E-state index in [1.54, 1.807) is 32.2 Å². The molecule has 0 bridgehead atoms. The first-order chi connectivity index (χ1) is 19.8. The van der Waals surface area contributed by atoms with Crippen molar-refractivity contribution in [1.82, 2.24) is 15.3 Å². The SMILES string of the molecule is Cc1oc(-c2ccc(Oc3ccccn3)cc2)nc1CCOc1ccc(CCC(=O)O)c(CNC(=O)OC(C)C)c1. The predicted octanol–water partition coefficient (Wildman–Crippen LogP) is 6.11. The van der Waals surface area contributed by atoms with Crippen LogP contribution >= 0.6 is 0 Å². The molecular weight excluding hydrogens is 526 g/mol. The van der Waals surface area contributed by atoms with E-state index in [0.717, 1.165) is 22.4 Å². The Labute approximate surface area is 238 Å². The minimum atomic E-state index is -0.889. The van der Waals surface area contributed by atoms with Crippen LogP contribution < -0.4 is 14.8 Å². The summed E-state index contributed by atoms with van der Waals surface area (Å²) in [6.45, 7) is 5.93. The van der Waals surface area contributed by atoms with Crippen molar-refractivity contribution in [2.75, 3.05) is 6.61 Å². The Morgan fingerprint density at radius 2 is 1.78 bits per heavy atom. The lowest BCUT2D eigenvalue weighted by Crippen LogP contribution is -2.26. The Hall–Kier alpha value is -4.86. The quantitative estimate of drug-likeness (QED) is 0.199. The number of alkyl carbamates (subject to hydrolysis) is 1. The fourth-order valence-corrected chi connectivity index (χ4v) is 4.01. The molecule has 2 aromatic heterocycles. The zero-order valence-electron chi connectivity index (χ0n) is 23.3. The highest BCUT2D eigenvalue weighted by Crippen LogP contribution is 2.26. The smallest absolute Gasteiger partial charge is 0.407 e. The van der Waals surface area contributed by atoms with Crippen LogP contribution in [-0.4, -0.2) is 39.8 Å². The molecule has 2 heterocycles. The molecule has 10 nitrogen and oxygen atoms in total. The molecule has 0 unspecified atom stereocenters. The Morgan fingerprint density at radius 3 is 2.49 bits per heavy atom. The number of aryl methyl sites for hydroxylation is 2. The van der Waals surface area contributed by atoms with Crippen molar-refractivity contribution in [3.63, 3.8) is 0 Å². The minimum Gasteiger partial charge on any atom is -0.493 e. The number of aliphatic carboxylic acids is 1. The lowest BCUT2D eigenvalue weighted by Gasteiger charge is -2.14. The summed E-state index contributed by atoms with van der Waals surface area (Å²) < 4.78 is 22.8. The van der Waals surface area contributed by atoms with E-state index in [9.17, 15) is 9.59 Å². The molecule has 4 aromatic rings. The normalized spacial score (nSPS) is 10.8. The van der Waals surface area contributed by atoms with E-state index < -0.39 is 12.1 Å². The number of ether oxygens (including phenoxy) is 3. The molecule has 0 saturated carbocycles. The monoisotopic (exact) mass is 559 g/mol. The molecule has 0 fully saturated rings. The summed E-state index contributed by atoms with van der Waals surface area (Å²) >= 11 is 0. The van der Waals surface area contributed by atoms with E-state index in [2.05, 4.69) is 15.3 Å². The topological polar surface area (TPSA) is 133 Å². The van der Waals surface area contributed by atoms with E-state index in [0.29, 0.717) is 48.5 Å². The highest BCUT2D eigenvalue weighted by molar-refractivity contribution is 5.68. The molecule has 0 aliphatic rings. The van der Waals surface area contributed by atoms with Crippen LogP contribution in [-0.2, 0) is 28.9 Å². The van der Waals surface area contributed by atoms with Crippen molar-refractivity contribution < 1.29 is 33.3 Å². The number of carbonyl (C=O) groups is 2. The lowest BCUT2D eigenvalue weighted by atomic mass is 10.0. The van der Waals surface area contributed by atoms with Crippen molar-refractivity contribution in [2.45, 2.75) is 52.7 Å². The molecule has 0 aliphatic heterocycles. The molecule has 0 aliphatic carbocycles. The van der Waals surface area contributed by atoms with Crippen LogP contribution in [0.25, 0.3) is 11.5 Å². The maximum absolute atomic E-state index is 12.0. The minimum absolute atomic E-state index is 0.0165. The van der Waals surface area contributed by atoms with Gasteiger partial charge in [0.1, 0.15) is 17.3 Å². The number of hydrogen-bond donors (Lipinski definition) is 2. The number of carboxylic acids is 1. The fourth-order valence-electron chi connectivity index (χ4n) is 4.01. The number of oxazole rings is 1. The van der Waals surface area contributed by atoms with E-state index in [-0.39, 0.29) is 19.1 Å². The van der Waals surface area contributed by atoms with Gasteiger partial charge < -0.3 is 29.1 Å². The molecule has 0 radical (unpaired) electrons. The first-order valence-corrected chi connectivity index (χ1v) is 13.3. The van der Waals surface area contributed by atoms with Crippen LogP contribution in [0.2, 0.25) is 0 Å². The van der Waals surface area contributed by atoms with Gasteiger partial charge in [0.05, 0.1) is 18.4 Å². The van der Waals surface area contributed by atoms with Gasteiger partial charge in [0.2, 0.25) is 11.8 Å². The highest BCUT2D eigenvalue weighted by Gasteiger charge is 2.14. The third kappa shape index (κ3) is 8.82. The zero-order valence-corrected chi connectivity index (χ0v) is 23.3. The van der Waals surface area contributed by atoms with Crippen LogP contribution in [0.3, 0.4) is 0 Å². The maximum atomic E-state index is 12.0. The second kappa shape index (κ2) is 14.0. The van der Waals surface area contributed by atoms with Crippen molar-refractivity contribution in [3.05, 3.63) is 89.4 Å². The molecule has 10 heteroatoms. The van der Waals surface area contributed by atoms with Gasteiger partial charge in [-0.3, -0.25) is 4.79 Å². The fraction of sp³-hybridized carbons (Fsp3) is 0.290. The predicted molar refractivity (Wildman–Crippen MR) is 151 cm³/mol. The molecule has 41 heavy (non-hydrogen) atoms. The van der Waals surface area contributed by atoms with Crippen molar-refractivity contribution in [2.24, 2.45) is 0 Å². The van der Waals surface area contributed by atoms with Crippen LogP contribution in [0, 0.1) is 6.92 Å². The first-order valence-electron chi connectivity index (χ1n) is 13.3. The van der Waals surface area contributed by atoms with Gasteiger partial charge in [-0.2, -0.15) is 0 Å². The van der Waals surface area contributed by atoms with Gasteiger partial charge in [0, 0.05) is 37.2 Å². The van der Waals surface area contributed by atoms with Gasteiger partial charge in [0.15, 0.2) is 0 Å². The lowest BCUT2D eigenvalue weighted by molar-refractivity contribution is -0.136. The second-order valence-corrected chi connectivity index (χ2v) is 9.55. The maximum Gasteiger partial charge on any atom is 0.407 e. The molecule has 2 aromatic carbocycles. The molecular formula is C31H33N3O7. The number of amides is 1. The third-order valence-corrected chi connectivity index (χ3v) is 6.01. The van der Waals surface area contributed by atoms with Gasteiger partial charge in [-0.25, -0.2) is 14.8 Å². The number of hydrogen-bond acceptors (Lipinski definition) is 8. The number of carbonyl (C=O) groups excluding carboxylic acids is 1. The van der Waals surface area contributed by atoms with E-state index in [4.69, 9.17) is 23.7 Å². The van der Waals surface area contributed by atoms with Crippen LogP contribution in [0.4, 0.5) is 4.79 Å². The Bertz CT molecular complexity index is 1450. The number of carboxylic acid groups (broad SMARTS) is 1. The van der Waals surface area contributed by atoms with Crippen molar-refractivity contribution in [1.29, 1.82) is 0 Å². The van der Waals surface area contributed by atoms with Gasteiger partial charge in [-0.05, 0) is 80.8 Å². The summed E-state index contributed by atoms with van der Waals surface area (Å²) in [6.07, 6.45) is 1.72. The third-order valence-electron chi connectivity index (χ3n) is 6.01. The molecule has 0 saturated heterocycles. The average Bonchev–Trinajstić information content (AvgIpc) is 3.32. The van der Waals surface area contributed by atoms with E-state index >= 15 is 0 Å². The van der Waals surface area contributed by atoms with Crippen molar-refractivity contribution in [3.8, 4) is 28.8 Å². The van der Waals surface area contributed by atoms with Gasteiger partial charge in [-0.1, -0.05) is 12.1 Å². The van der Waals surface area contributed by atoms with Gasteiger partial charge in [0.25, 0.3) is 0 Å². The van der Waals surface area contributed by atoms with Gasteiger partial charge >= 0.3 is 12.1 Å². The standard InChI is InChI=1S/C31H33N3O7/c1-20(2)39-31(37)33-19-24-18-26(13-7-22(24)10-14-29(35)36)38-17-15-27-21(3)40-30(34-27)23-8-11-25(12-9-23)41-28-6-4-5-16-32-28/h4-9,11-13,16,18,20H,10,14-15,17,19H2,1-3H3,(H,33,37)(H,35,36). The zero-order chi connectivity index (χ0) is 29.2. The number of pyridine rings is 1. The molecule has 2 N–H and O–H groups in total. The molecule has 4 rings (SSSR count). The van der Waals surface area contributed by atoms with Crippen LogP contribution in [0.1, 0.15) is 42.8 Å². The molecule has 214 valence electrons. The summed E-state index contributed by atoms with van der Waals surface area (Å²) in [5.41, 5.74) is 3.18. The van der Waals surface area contributed by atoms with Crippen LogP contribution in [0.15, 0.2) is 71.3 Å². The molecule has 1 amide bonds. The van der Waals surface area contributed by atoms with E-state index in [1.165, 1.54) is 0 Å². The largest absolute Gasteiger partial charge is 0.493 e. The summed E-state index contributed by atoms with van der Waals surface area (Å²) in [6, 6.07) is 18.3. The second-order valence-electron chi connectivity index (χ2n) is 9.55. The number of nitrogens with one attached hydrogen (secondary N) is 1. The first kappa shape index (κ1) is 29.1. The number of rotatable bonds is 13. The number of nitrogens with zero attached hydrogens (tertiary/aromatic N) is 2. The van der Waals surface area contributed by atoms with E-state index in [1.807, 2.05) is 55.5 Å². The Balaban J connectivity index is 1.36. The molecule has 0 spiro atoms. The van der Waals surface area contributed by atoms with Crippen molar-refractivity contribution >= 4 is 12.1 Å². The number of benzene rings is 2. The average molecular weight is 560 g/mol. The summed E-state index contributed by atoms with van der Waals surface area (Å²) in [5, 5.41) is 11.8. The number of aromatic nitrogens is 2. The summed E-state index contributed by atoms with van der Waals surface area (Å²) in [7, 11) is 0. The summed E-state index contributed by atoms with van der Waals surface area (Å²) in [5.74, 6) is 2.09. The Morgan fingerprint density at radius 1 is 1.00 bits per heavy atom. The Kier molecular flexibility index (Phi) is 9.93. The van der Waals surface area contributed by atoms with Crippen LogP contribution in [0.5, 0.6) is 17.4 Å². The van der Waals surface area contributed by atoms with Gasteiger partial charge in [-0.15, -0.1) is 0 Å². The highest BCUT2D eigenvalue weighted by atomic mass is 16.6. The molecule has 0 atom stereocenters. The summed E-state index contributed by atoms with van der Waals surface area (Å²) in [4.78, 5) is 31.9.